The van der Waals surface area contributed by atoms with Gasteiger partial charge >= 0.3 is 0 Å². The van der Waals surface area contributed by atoms with Gasteiger partial charge in [0.25, 0.3) is 0 Å². The van der Waals surface area contributed by atoms with E-state index in [4.69, 9.17) is 4.74 Å². The van der Waals surface area contributed by atoms with Crippen LogP contribution in [-0.2, 0) is 14.6 Å². The van der Waals surface area contributed by atoms with Crippen LogP contribution in [0.4, 0.5) is 4.39 Å². The first-order chi connectivity index (χ1) is 10.9. The first-order valence-corrected chi connectivity index (χ1v) is 10.4. The monoisotopic (exact) mass is 348 g/mol. The molecule has 0 aromatic heterocycles. The van der Waals surface area contributed by atoms with Crippen molar-refractivity contribution in [2.45, 2.75) is 55.4 Å². The first kappa shape index (κ1) is 16.2. The van der Waals surface area contributed by atoms with Crippen molar-refractivity contribution in [2.75, 3.05) is 26.0 Å². The zero-order chi connectivity index (χ0) is 16.2. The summed E-state index contributed by atoms with van der Waals surface area (Å²) in [5.74, 6) is -0.153. The average molecular weight is 348 g/mol. The molecule has 0 aromatic carbocycles. The van der Waals surface area contributed by atoms with E-state index < -0.39 is 27.5 Å². The number of rotatable bonds is 1. The van der Waals surface area contributed by atoms with Crippen molar-refractivity contribution in [1.82, 2.24) is 20.9 Å². The smallest absolute Gasteiger partial charge is 0.177 e. The lowest BCUT2D eigenvalue weighted by atomic mass is 9.84. The highest BCUT2D eigenvalue weighted by Crippen LogP contribution is 2.35. The van der Waals surface area contributed by atoms with Gasteiger partial charge in [0.1, 0.15) is 12.4 Å². The Kier molecular flexibility index (Phi) is 4.14. The van der Waals surface area contributed by atoms with E-state index in [9.17, 15) is 12.8 Å². The molecule has 4 aliphatic rings. The van der Waals surface area contributed by atoms with Gasteiger partial charge in [0, 0.05) is 31.3 Å². The maximum Gasteiger partial charge on any atom is 0.177 e. The molecule has 7 atom stereocenters. The minimum atomic E-state index is -3.36. The molecule has 0 radical (unpaired) electrons. The second-order valence-corrected chi connectivity index (χ2v) is 9.29. The van der Waals surface area contributed by atoms with Crippen LogP contribution < -0.4 is 16.0 Å². The Morgan fingerprint density at radius 1 is 1.26 bits per heavy atom. The number of nitrogens with one attached hydrogen (secondary N) is 3. The topological polar surface area (TPSA) is 82.7 Å². The molecule has 0 bridgehead atoms. The Morgan fingerprint density at radius 3 is 2.87 bits per heavy atom. The second kappa shape index (κ2) is 5.89. The van der Waals surface area contributed by atoms with Crippen molar-refractivity contribution >= 4 is 9.84 Å². The van der Waals surface area contributed by atoms with Crippen LogP contribution >= 0.6 is 0 Å². The lowest BCUT2D eigenvalue weighted by molar-refractivity contribution is -0.0753. The van der Waals surface area contributed by atoms with Gasteiger partial charge in [-0.2, -0.15) is 0 Å². The standard InChI is InChI=1S/C14H25FN4O3S/c1-23(20,21)14-17-11-9(15)6-16-13-10(11)12(18-14)19-5-3-2-4-8(19)7-22-13/h8-14,16-18H,2-7H2,1H3/t8-,9?,10?,11?,12?,13?,14?/m0/s1. The molecule has 9 heteroatoms. The molecule has 4 saturated heterocycles. The number of nitrogens with zero attached hydrogens (tertiary/aromatic N) is 1. The lowest BCUT2D eigenvalue weighted by Gasteiger charge is -2.52. The summed E-state index contributed by atoms with van der Waals surface area (Å²) in [5, 5.41) is 9.35. The first-order valence-electron chi connectivity index (χ1n) is 8.41. The van der Waals surface area contributed by atoms with Crippen LogP contribution in [0.3, 0.4) is 0 Å². The van der Waals surface area contributed by atoms with Crippen LogP contribution in [0.1, 0.15) is 19.3 Å². The molecule has 3 N–H and O–H groups in total. The Hall–Kier alpha value is -0.320. The highest BCUT2D eigenvalue weighted by molar-refractivity contribution is 7.91. The molecule has 4 rings (SSSR count). The molecule has 4 aliphatic heterocycles. The Bertz CT molecular complexity index is 562. The normalized spacial score (nSPS) is 48.2. The summed E-state index contributed by atoms with van der Waals surface area (Å²) in [4.78, 5) is 2.31. The summed E-state index contributed by atoms with van der Waals surface area (Å²) in [6, 6.07) is -0.251. The van der Waals surface area contributed by atoms with Gasteiger partial charge in [-0.3, -0.25) is 20.9 Å². The van der Waals surface area contributed by atoms with E-state index in [-0.39, 0.29) is 30.9 Å². The predicted molar refractivity (Wildman–Crippen MR) is 83.0 cm³/mol. The molecule has 4 heterocycles. The third kappa shape index (κ3) is 2.81. The molecule has 4 fully saturated rings. The number of halogens is 1. The van der Waals surface area contributed by atoms with Gasteiger partial charge in [-0.25, -0.2) is 12.8 Å². The van der Waals surface area contributed by atoms with Crippen molar-refractivity contribution in [3.05, 3.63) is 0 Å². The molecule has 23 heavy (non-hydrogen) atoms. The molecular formula is C14H25FN4O3S. The lowest BCUT2D eigenvalue weighted by Crippen LogP contribution is -2.77. The fraction of sp³-hybridized carbons (Fsp3) is 1.00. The Labute approximate surface area is 136 Å². The fourth-order valence-corrected chi connectivity index (χ4v) is 5.30. The molecule has 7 nitrogen and oxygen atoms in total. The maximum atomic E-state index is 14.5. The summed E-state index contributed by atoms with van der Waals surface area (Å²) >= 11 is 0. The maximum absolute atomic E-state index is 14.5. The summed E-state index contributed by atoms with van der Waals surface area (Å²) in [7, 11) is -3.36. The number of hydrogen-bond acceptors (Lipinski definition) is 7. The number of hydrogen-bond donors (Lipinski definition) is 3. The van der Waals surface area contributed by atoms with Gasteiger partial charge in [0.05, 0.1) is 18.8 Å². The van der Waals surface area contributed by atoms with E-state index in [0.29, 0.717) is 6.61 Å². The number of alkyl halides is 1. The third-order valence-corrected chi connectivity index (χ3v) is 6.75. The van der Waals surface area contributed by atoms with Gasteiger partial charge < -0.3 is 4.74 Å². The zero-order valence-electron chi connectivity index (χ0n) is 13.2. The molecular weight excluding hydrogens is 323 g/mol. The van der Waals surface area contributed by atoms with Crippen LogP contribution in [0.25, 0.3) is 0 Å². The van der Waals surface area contributed by atoms with Crippen molar-refractivity contribution in [3.8, 4) is 0 Å². The molecule has 132 valence electrons. The van der Waals surface area contributed by atoms with Crippen LogP contribution in [0.2, 0.25) is 0 Å². The molecule has 0 spiro atoms. The van der Waals surface area contributed by atoms with Crippen LogP contribution in [0.15, 0.2) is 0 Å². The van der Waals surface area contributed by atoms with Crippen LogP contribution in [-0.4, -0.2) is 75.4 Å². The van der Waals surface area contributed by atoms with E-state index in [0.717, 1.165) is 25.8 Å². The minimum absolute atomic E-state index is 0.153. The van der Waals surface area contributed by atoms with Crippen LogP contribution in [0, 0.1) is 5.92 Å². The van der Waals surface area contributed by atoms with Crippen molar-refractivity contribution in [1.29, 1.82) is 0 Å². The van der Waals surface area contributed by atoms with Gasteiger partial charge in [-0.1, -0.05) is 6.42 Å². The largest absolute Gasteiger partial charge is 0.361 e. The van der Waals surface area contributed by atoms with E-state index in [2.05, 4.69) is 20.9 Å². The van der Waals surface area contributed by atoms with Gasteiger partial charge in [-0.05, 0) is 12.8 Å². The Balaban J connectivity index is 1.70. The van der Waals surface area contributed by atoms with E-state index in [1.54, 1.807) is 0 Å². The fourth-order valence-electron chi connectivity index (χ4n) is 4.50. The summed E-state index contributed by atoms with van der Waals surface area (Å²) < 4.78 is 44.7. The molecule has 0 aromatic rings. The zero-order valence-corrected chi connectivity index (χ0v) is 14.1. The van der Waals surface area contributed by atoms with Crippen molar-refractivity contribution in [2.24, 2.45) is 5.92 Å². The molecule has 6 unspecified atom stereocenters. The number of ether oxygens (including phenoxy) is 1. The number of sulfone groups is 1. The van der Waals surface area contributed by atoms with E-state index in [1.165, 1.54) is 6.26 Å². The average Bonchev–Trinajstić information content (AvgIpc) is 2.68. The van der Waals surface area contributed by atoms with E-state index >= 15 is 0 Å². The highest BCUT2D eigenvalue weighted by atomic mass is 32.2. The van der Waals surface area contributed by atoms with Crippen molar-refractivity contribution in [3.63, 3.8) is 0 Å². The van der Waals surface area contributed by atoms with Gasteiger partial charge in [0.15, 0.2) is 15.3 Å². The van der Waals surface area contributed by atoms with Crippen molar-refractivity contribution < 1.29 is 17.5 Å². The highest BCUT2D eigenvalue weighted by Gasteiger charge is 2.54. The number of fused-ring (bicyclic) bond motifs is 2. The van der Waals surface area contributed by atoms with Crippen LogP contribution in [0.5, 0.6) is 0 Å². The quantitative estimate of drug-likeness (QED) is 0.559. The molecule has 0 amide bonds. The van der Waals surface area contributed by atoms with Gasteiger partial charge in [-0.15, -0.1) is 0 Å². The SMILES string of the molecule is CS(=O)(=O)C1NC2C(F)CNC3OC[C@@H]4CCCCN4C(N1)C32. The van der Waals surface area contributed by atoms with Gasteiger partial charge in [0.2, 0.25) is 0 Å². The Morgan fingerprint density at radius 2 is 2.09 bits per heavy atom. The summed E-state index contributed by atoms with van der Waals surface area (Å²) in [5.41, 5.74) is -0.911. The van der Waals surface area contributed by atoms with E-state index in [1.807, 2.05) is 0 Å². The molecule has 0 aliphatic carbocycles. The molecule has 0 saturated carbocycles. The number of piperidine rings is 2. The third-order valence-electron chi connectivity index (χ3n) is 5.62. The second-order valence-electron chi connectivity index (χ2n) is 7.16. The minimum Gasteiger partial charge on any atom is -0.361 e. The summed E-state index contributed by atoms with van der Waals surface area (Å²) in [6.07, 6.45) is 2.90. The summed E-state index contributed by atoms with van der Waals surface area (Å²) in [6.45, 7) is 1.70. The predicted octanol–water partition coefficient (Wildman–Crippen LogP) is -1.03.